The first kappa shape index (κ1) is 16.3. The normalized spacial score (nSPS) is 19.0. The van der Waals surface area contributed by atoms with Crippen molar-refractivity contribution in [2.75, 3.05) is 19.8 Å². The van der Waals surface area contributed by atoms with E-state index in [4.69, 9.17) is 9.84 Å². The zero-order valence-corrected chi connectivity index (χ0v) is 11.5. The van der Waals surface area contributed by atoms with Gasteiger partial charge in [-0.25, -0.2) is 0 Å². The number of benzene rings is 1. The maximum Gasteiger partial charge on any atom is 0.417 e. The SMILES string of the molecule is O=C(O)CC1COCCN1C(=O)c1ccccc1C(F)(F)F. The molecule has 5 nitrogen and oxygen atoms in total. The molecule has 1 unspecified atom stereocenters. The second kappa shape index (κ2) is 6.35. The molecule has 1 fully saturated rings. The van der Waals surface area contributed by atoms with Gasteiger partial charge in [0.1, 0.15) is 0 Å². The molecule has 1 atom stereocenters. The Bertz CT molecular complexity index is 573. The van der Waals surface area contributed by atoms with Gasteiger partial charge in [0.2, 0.25) is 0 Å². The summed E-state index contributed by atoms with van der Waals surface area (Å²) >= 11 is 0. The summed E-state index contributed by atoms with van der Waals surface area (Å²) in [5.74, 6) is -1.97. The molecule has 22 heavy (non-hydrogen) atoms. The molecule has 1 saturated heterocycles. The zero-order chi connectivity index (χ0) is 16.3. The van der Waals surface area contributed by atoms with E-state index in [0.29, 0.717) is 0 Å². The molecule has 0 saturated carbocycles. The van der Waals surface area contributed by atoms with Gasteiger partial charge >= 0.3 is 12.1 Å². The Balaban J connectivity index is 2.32. The fraction of sp³-hybridized carbons (Fsp3) is 0.429. The van der Waals surface area contributed by atoms with Gasteiger partial charge in [0.15, 0.2) is 0 Å². The van der Waals surface area contributed by atoms with Crippen LogP contribution in [0.4, 0.5) is 13.2 Å². The van der Waals surface area contributed by atoms with Crippen LogP contribution in [0.1, 0.15) is 22.3 Å². The number of hydrogen-bond donors (Lipinski definition) is 1. The molecule has 1 aromatic carbocycles. The number of amides is 1. The van der Waals surface area contributed by atoms with E-state index in [1.165, 1.54) is 12.1 Å². The number of rotatable bonds is 3. The fourth-order valence-electron chi connectivity index (χ4n) is 2.36. The van der Waals surface area contributed by atoms with Crippen molar-refractivity contribution in [1.82, 2.24) is 4.90 Å². The Morgan fingerprint density at radius 3 is 2.64 bits per heavy atom. The first-order chi connectivity index (χ1) is 10.3. The number of aliphatic carboxylic acids is 1. The summed E-state index contributed by atoms with van der Waals surface area (Å²) in [5, 5.41) is 8.85. The Morgan fingerprint density at radius 1 is 1.32 bits per heavy atom. The van der Waals surface area contributed by atoms with Gasteiger partial charge in [-0.1, -0.05) is 12.1 Å². The average Bonchev–Trinajstić information content (AvgIpc) is 2.45. The fourth-order valence-corrected chi connectivity index (χ4v) is 2.36. The first-order valence-electron chi connectivity index (χ1n) is 6.57. The van der Waals surface area contributed by atoms with Crippen LogP contribution in [-0.2, 0) is 15.7 Å². The number of morpholine rings is 1. The predicted octanol–water partition coefficient (Wildman–Crippen LogP) is 2.02. The van der Waals surface area contributed by atoms with Crippen LogP contribution in [0.3, 0.4) is 0 Å². The van der Waals surface area contributed by atoms with Crippen molar-refractivity contribution >= 4 is 11.9 Å². The van der Waals surface area contributed by atoms with Crippen molar-refractivity contribution < 1.29 is 32.6 Å². The molecule has 0 aliphatic carbocycles. The summed E-state index contributed by atoms with van der Waals surface area (Å²) in [5.41, 5.74) is -1.51. The lowest BCUT2D eigenvalue weighted by atomic mass is 10.0. The molecule has 0 spiro atoms. The number of halogens is 3. The maximum atomic E-state index is 13.0. The van der Waals surface area contributed by atoms with Gasteiger partial charge in [0.25, 0.3) is 5.91 Å². The number of alkyl halides is 3. The summed E-state index contributed by atoms with van der Waals surface area (Å²) in [4.78, 5) is 24.4. The minimum absolute atomic E-state index is 0.00771. The van der Waals surface area contributed by atoms with Crippen molar-refractivity contribution in [3.05, 3.63) is 35.4 Å². The quantitative estimate of drug-likeness (QED) is 0.926. The molecule has 0 bridgehead atoms. The summed E-state index contributed by atoms with van der Waals surface area (Å²) in [7, 11) is 0. The van der Waals surface area contributed by atoms with Crippen LogP contribution in [0.25, 0.3) is 0 Å². The highest BCUT2D eigenvalue weighted by Gasteiger charge is 2.38. The topological polar surface area (TPSA) is 66.8 Å². The molecule has 8 heteroatoms. The minimum Gasteiger partial charge on any atom is -0.481 e. The second-order valence-electron chi connectivity index (χ2n) is 4.87. The summed E-state index contributed by atoms with van der Waals surface area (Å²) < 4.78 is 44.1. The zero-order valence-electron chi connectivity index (χ0n) is 11.5. The van der Waals surface area contributed by atoms with E-state index in [1.54, 1.807) is 0 Å². The second-order valence-corrected chi connectivity index (χ2v) is 4.87. The van der Waals surface area contributed by atoms with Gasteiger partial charge in [0, 0.05) is 6.54 Å². The number of carboxylic acid groups (broad SMARTS) is 1. The van der Waals surface area contributed by atoms with Gasteiger partial charge in [-0.3, -0.25) is 9.59 Å². The van der Waals surface area contributed by atoms with E-state index in [-0.39, 0.29) is 26.2 Å². The van der Waals surface area contributed by atoms with E-state index in [2.05, 4.69) is 0 Å². The number of carbonyl (C=O) groups excluding carboxylic acids is 1. The van der Waals surface area contributed by atoms with Crippen LogP contribution in [-0.4, -0.2) is 47.7 Å². The maximum absolute atomic E-state index is 13.0. The first-order valence-corrected chi connectivity index (χ1v) is 6.57. The Kier molecular flexibility index (Phi) is 4.70. The number of nitrogens with zero attached hydrogens (tertiary/aromatic N) is 1. The van der Waals surface area contributed by atoms with Gasteiger partial charge in [-0.15, -0.1) is 0 Å². The lowest BCUT2D eigenvalue weighted by Crippen LogP contribution is -2.49. The standard InChI is InChI=1S/C14H14F3NO4/c15-14(16,17)11-4-2-1-3-10(11)13(21)18-5-6-22-8-9(18)7-12(19)20/h1-4,9H,5-8H2,(H,19,20). The summed E-state index contributed by atoms with van der Waals surface area (Å²) in [6, 6.07) is 3.70. The van der Waals surface area contributed by atoms with Crippen molar-refractivity contribution in [3.63, 3.8) is 0 Å². The number of carboxylic acids is 1. The van der Waals surface area contributed by atoms with Gasteiger partial charge in [-0.05, 0) is 12.1 Å². The molecule has 1 aliphatic rings. The van der Waals surface area contributed by atoms with Gasteiger partial charge in [-0.2, -0.15) is 13.2 Å². The highest BCUT2D eigenvalue weighted by Crippen LogP contribution is 2.32. The molecule has 120 valence electrons. The highest BCUT2D eigenvalue weighted by molar-refractivity contribution is 5.96. The van der Waals surface area contributed by atoms with Crippen LogP contribution >= 0.6 is 0 Å². The molecule has 1 aromatic rings. The van der Waals surface area contributed by atoms with Crippen molar-refractivity contribution in [1.29, 1.82) is 0 Å². The van der Waals surface area contributed by atoms with Crippen molar-refractivity contribution in [3.8, 4) is 0 Å². The van der Waals surface area contributed by atoms with E-state index < -0.39 is 35.2 Å². The van der Waals surface area contributed by atoms with Gasteiger partial charge < -0.3 is 14.7 Å². The van der Waals surface area contributed by atoms with E-state index in [9.17, 15) is 22.8 Å². The molecule has 1 amide bonds. The van der Waals surface area contributed by atoms with Crippen LogP contribution in [0.2, 0.25) is 0 Å². The van der Waals surface area contributed by atoms with Crippen LogP contribution in [0.15, 0.2) is 24.3 Å². The molecule has 1 aliphatic heterocycles. The van der Waals surface area contributed by atoms with E-state index >= 15 is 0 Å². The van der Waals surface area contributed by atoms with Crippen LogP contribution in [0, 0.1) is 0 Å². The summed E-state index contributed by atoms with van der Waals surface area (Å²) in [6.45, 7) is 0.214. The highest BCUT2D eigenvalue weighted by atomic mass is 19.4. The average molecular weight is 317 g/mol. The Morgan fingerprint density at radius 2 is 2.00 bits per heavy atom. The van der Waals surface area contributed by atoms with Crippen LogP contribution < -0.4 is 0 Å². The number of carbonyl (C=O) groups is 2. The lowest BCUT2D eigenvalue weighted by Gasteiger charge is -2.35. The third kappa shape index (κ3) is 3.56. The molecular formula is C14H14F3NO4. The molecule has 1 N–H and O–H groups in total. The Hall–Kier alpha value is -2.09. The third-order valence-electron chi connectivity index (χ3n) is 3.36. The minimum atomic E-state index is -4.65. The smallest absolute Gasteiger partial charge is 0.417 e. The summed E-state index contributed by atoms with van der Waals surface area (Å²) in [6.07, 6.45) is -5.03. The van der Waals surface area contributed by atoms with Crippen molar-refractivity contribution in [2.45, 2.75) is 18.6 Å². The van der Waals surface area contributed by atoms with Gasteiger partial charge in [0.05, 0.1) is 36.8 Å². The number of hydrogen-bond acceptors (Lipinski definition) is 3. The largest absolute Gasteiger partial charge is 0.481 e. The monoisotopic (exact) mass is 317 g/mol. The molecule has 0 radical (unpaired) electrons. The molecular weight excluding hydrogens is 303 g/mol. The van der Waals surface area contributed by atoms with E-state index in [0.717, 1.165) is 17.0 Å². The van der Waals surface area contributed by atoms with Crippen molar-refractivity contribution in [2.24, 2.45) is 0 Å². The lowest BCUT2D eigenvalue weighted by molar-refractivity contribution is -0.140. The van der Waals surface area contributed by atoms with E-state index in [1.807, 2.05) is 0 Å². The third-order valence-corrected chi connectivity index (χ3v) is 3.36. The molecule has 2 rings (SSSR count). The Labute approximate surface area is 124 Å². The van der Waals surface area contributed by atoms with Crippen LogP contribution in [0.5, 0.6) is 0 Å². The number of ether oxygens (including phenoxy) is 1. The molecule has 0 aromatic heterocycles. The predicted molar refractivity (Wildman–Crippen MR) is 69.3 cm³/mol. The molecule has 1 heterocycles.